The van der Waals surface area contributed by atoms with Crippen molar-refractivity contribution in [3.63, 3.8) is 0 Å². The molecule has 0 aromatic rings. The summed E-state index contributed by atoms with van der Waals surface area (Å²) < 4.78 is 5.38. The standard InChI is InChI=1S/C12H21NO3/c1-12(2,3)16-11(15)13-9-5-4-8(6-9)10(13)7-14/h8-10,14H,4-7H2,1-3H3. The molecule has 1 amide bonds. The summed E-state index contributed by atoms with van der Waals surface area (Å²) in [6.45, 7) is 5.66. The second-order valence-electron chi connectivity index (χ2n) is 5.86. The van der Waals surface area contributed by atoms with Gasteiger partial charge in [0.25, 0.3) is 0 Å². The second-order valence-corrected chi connectivity index (χ2v) is 5.86. The largest absolute Gasteiger partial charge is 0.444 e. The third-order valence-corrected chi connectivity index (χ3v) is 3.53. The highest BCUT2D eigenvalue weighted by molar-refractivity contribution is 5.69. The van der Waals surface area contributed by atoms with Crippen LogP contribution < -0.4 is 0 Å². The fraction of sp³-hybridized carbons (Fsp3) is 0.917. The molecule has 0 radical (unpaired) electrons. The van der Waals surface area contributed by atoms with Crippen molar-refractivity contribution in [3.8, 4) is 0 Å². The van der Waals surface area contributed by atoms with Crippen molar-refractivity contribution in [2.24, 2.45) is 5.92 Å². The zero-order valence-corrected chi connectivity index (χ0v) is 10.3. The van der Waals surface area contributed by atoms with Crippen LogP contribution in [-0.4, -0.2) is 40.4 Å². The molecule has 1 saturated heterocycles. The lowest BCUT2D eigenvalue weighted by Gasteiger charge is -2.35. The number of hydrogen-bond acceptors (Lipinski definition) is 3. The molecule has 4 nitrogen and oxygen atoms in total. The van der Waals surface area contributed by atoms with Crippen molar-refractivity contribution in [2.45, 2.75) is 57.7 Å². The number of rotatable bonds is 1. The monoisotopic (exact) mass is 227 g/mol. The van der Waals surface area contributed by atoms with Crippen molar-refractivity contribution >= 4 is 6.09 Å². The zero-order chi connectivity index (χ0) is 11.9. The number of fused-ring (bicyclic) bond motifs is 2. The molecule has 16 heavy (non-hydrogen) atoms. The van der Waals surface area contributed by atoms with Gasteiger partial charge in [-0.25, -0.2) is 4.79 Å². The van der Waals surface area contributed by atoms with Crippen LogP contribution in [0.4, 0.5) is 4.79 Å². The smallest absolute Gasteiger partial charge is 0.410 e. The highest BCUT2D eigenvalue weighted by Gasteiger charge is 2.48. The molecule has 0 aromatic carbocycles. The summed E-state index contributed by atoms with van der Waals surface area (Å²) in [4.78, 5) is 13.8. The number of likely N-dealkylation sites (tertiary alicyclic amines) is 1. The molecule has 3 unspecified atom stereocenters. The molecule has 1 saturated carbocycles. The number of hydrogen-bond donors (Lipinski definition) is 1. The average Bonchev–Trinajstić information content (AvgIpc) is 2.72. The molecule has 1 aliphatic carbocycles. The van der Waals surface area contributed by atoms with E-state index in [1.807, 2.05) is 20.8 Å². The van der Waals surface area contributed by atoms with Crippen LogP contribution >= 0.6 is 0 Å². The van der Waals surface area contributed by atoms with Gasteiger partial charge < -0.3 is 9.84 Å². The van der Waals surface area contributed by atoms with Crippen LogP contribution in [0.5, 0.6) is 0 Å². The lowest BCUT2D eigenvalue weighted by molar-refractivity contribution is -0.000465. The van der Waals surface area contributed by atoms with Crippen molar-refractivity contribution < 1.29 is 14.6 Å². The SMILES string of the molecule is CC(C)(C)OC(=O)N1C2CCC(C2)C1CO. The molecule has 0 aromatic heterocycles. The van der Waals surface area contributed by atoms with Gasteiger partial charge in [-0.2, -0.15) is 0 Å². The van der Waals surface area contributed by atoms with Crippen LogP contribution in [0.1, 0.15) is 40.0 Å². The Morgan fingerprint density at radius 2 is 2.12 bits per heavy atom. The summed E-state index contributed by atoms with van der Waals surface area (Å²) in [6, 6.07) is 0.269. The predicted octanol–water partition coefficient (Wildman–Crippen LogP) is 1.77. The molecule has 2 aliphatic rings. The normalized spacial score (nSPS) is 33.2. The van der Waals surface area contributed by atoms with Gasteiger partial charge in [0.05, 0.1) is 12.6 Å². The van der Waals surface area contributed by atoms with E-state index in [2.05, 4.69) is 0 Å². The van der Waals surface area contributed by atoms with Gasteiger partial charge in [-0.05, 0) is 46.0 Å². The van der Waals surface area contributed by atoms with Gasteiger partial charge in [0.2, 0.25) is 0 Å². The Morgan fingerprint density at radius 3 is 2.69 bits per heavy atom. The quantitative estimate of drug-likeness (QED) is 0.742. The summed E-state index contributed by atoms with van der Waals surface area (Å²) in [5, 5.41) is 9.36. The summed E-state index contributed by atoms with van der Waals surface area (Å²) in [7, 11) is 0. The number of ether oxygens (including phenoxy) is 1. The minimum absolute atomic E-state index is 0.0198. The number of amides is 1. The van der Waals surface area contributed by atoms with Gasteiger partial charge in [0, 0.05) is 6.04 Å². The van der Waals surface area contributed by atoms with E-state index in [1.165, 1.54) is 0 Å². The number of aliphatic hydroxyl groups excluding tert-OH is 1. The molecule has 2 bridgehead atoms. The average molecular weight is 227 g/mol. The van der Waals surface area contributed by atoms with Gasteiger partial charge >= 0.3 is 6.09 Å². The molecule has 4 heteroatoms. The first-order chi connectivity index (χ1) is 7.42. The molecule has 92 valence electrons. The summed E-state index contributed by atoms with van der Waals surface area (Å²) >= 11 is 0. The van der Waals surface area contributed by atoms with Gasteiger partial charge in [-0.15, -0.1) is 0 Å². The minimum Gasteiger partial charge on any atom is -0.444 e. The van der Waals surface area contributed by atoms with E-state index >= 15 is 0 Å². The number of aliphatic hydroxyl groups is 1. The number of carbonyl (C=O) groups is 1. The van der Waals surface area contributed by atoms with E-state index in [-0.39, 0.29) is 24.8 Å². The lowest BCUT2D eigenvalue weighted by Crippen LogP contribution is -2.48. The Kier molecular flexibility index (Phi) is 2.86. The molecule has 1 N–H and O–H groups in total. The Hall–Kier alpha value is -0.770. The highest BCUT2D eigenvalue weighted by atomic mass is 16.6. The van der Waals surface area contributed by atoms with E-state index in [0.717, 1.165) is 19.3 Å². The van der Waals surface area contributed by atoms with Gasteiger partial charge in [0.15, 0.2) is 0 Å². The van der Waals surface area contributed by atoms with Crippen molar-refractivity contribution in [3.05, 3.63) is 0 Å². The Balaban J connectivity index is 2.06. The van der Waals surface area contributed by atoms with Crippen LogP contribution in [0.3, 0.4) is 0 Å². The van der Waals surface area contributed by atoms with Crippen LogP contribution in [0.15, 0.2) is 0 Å². The third kappa shape index (κ3) is 2.03. The summed E-state index contributed by atoms with van der Waals surface area (Å²) in [5.41, 5.74) is -0.459. The van der Waals surface area contributed by atoms with Crippen LogP contribution in [0.25, 0.3) is 0 Å². The molecule has 1 heterocycles. The van der Waals surface area contributed by atoms with Crippen molar-refractivity contribution in [1.29, 1.82) is 0 Å². The van der Waals surface area contributed by atoms with Gasteiger partial charge in [0.1, 0.15) is 5.60 Å². The number of piperidine rings is 1. The van der Waals surface area contributed by atoms with Crippen molar-refractivity contribution in [2.75, 3.05) is 6.61 Å². The Labute approximate surface area is 96.6 Å². The van der Waals surface area contributed by atoms with Gasteiger partial charge in [-0.3, -0.25) is 4.90 Å². The van der Waals surface area contributed by atoms with Crippen molar-refractivity contribution in [1.82, 2.24) is 4.90 Å². The van der Waals surface area contributed by atoms with E-state index in [9.17, 15) is 9.90 Å². The maximum atomic E-state index is 12.0. The molecule has 0 spiro atoms. The number of carbonyl (C=O) groups excluding carboxylic acids is 1. The second kappa shape index (κ2) is 3.91. The predicted molar refractivity (Wildman–Crippen MR) is 60.1 cm³/mol. The van der Waals surface area contributed by atoms with E-state index < -0.39 is 5.60 Å². The first-order valence-electron chi connectivity index (χ1n) is 6.04. The molecule has 2 rings (SSSR count). The zero-order valence-electron chi connectivity index (χ0n) is 10.3. The molecule has 1 aliphatic heterocycles. The Morgan fingerprint density at radius 1 is 1.44 bits per heavy atom. The summed E-state index contributed by atoms with van der Waals surface area (Å²) in [6.07, 6.45) is 2.96. The molecular formula is C12H21NO3. The van der Waals surface area contributed by atoms with E-state index in [4.69, 9.17) is 4.74 Å². The highest BCUT2D eigenvalue weighted by Crippen LogP contribution is 2.42. The van der Waals surface area contributed by atoms with Crippen LogP contribution in [0, 0.1) is 5.92 Å². The maximum absolute atomic E-state index is 12.0. The first-order valence-corrected chi connectivity index (χ1v) is 6.04. The topological polar surface area (TPSA) is 49.8 Å². The summed E-state index contributed by atoms with van der Waals surface area (Å²) in [5.74, 6) is 0.475. The maximum Gasteiger partial charge on any atom is 0.410 e. The van der Waals surface area contributed by atoms with Gasteiger partial charge in [-0.1, -0.05) is 0 Å². The third-order valence-electron chi connectivity index (χ3n) is 3.53. The fourth-order valence-corrected chi connectivity index (χ4v) is 2.93. The first kappa shape index (κ1) is 11.7. The fourth-order valence-electron chi connectivity index (χ4n) is 2.93. The Bertz CT molecular complexity index is 284. The van der Waals surface area contributed by atoms with E-state index in [0.29, 0.717) is 5.92 Å². The molecular weight excluding hydrogens is 206 g/mol. The number of nitrogens with zero attached hydrogens (tertiary/aromatic N) is 1. The lowest BCUT2D eigenvalue weighted by atomic mass is 10.00. The minimum atomic E-state index is -0.459. The molecule has 3 atom stereocenters. The van der Waals surface area contributed by atoms with Crippen LogP contribution in [0.2, 0.25) is 0 Å². The van der Waals surface area contributed by atoms with E-state index in [1.54, 1.807) is 4.90 Å². The molecule has 2 fully saturated rings. The van der Waals surface area contributed by atoms with Crippen LogP contribution in [-0.2, 0) is 4.74 Å².